The Morgan fingerprint density at radius 1 is 0.426 bits per heavy atom. The lowest BCUT2D eigenvalue weighted by Gasteiger charge is -2.39. The van der Waals surface area contributed by atoms with Crippen LogP contribution in [0.25, 0.3) is 21.5 Å². The van der Waals surface area contributed by atoms with Gasteiger partial charge in [0.05, 0.1) is 29.9 Å². The van der Waals surface area contributed by atoms with Crippen LogP contribution in [-0.4, -0.2) is 0 Å². The van der Waals surface area contributed by atoms with Gasteiger partial charge in [-0.3, -0.25) is 16.0 Å². The molecule has 0 aliphatic carbocycles. The minimum Gasteiger partial charge on any atom is -0.359 e. The van der Waals surface area contributed by atoms with Gasteiger partial charge in [-0.15, -0.1) is 0 Å². The zero-order valence-corrected chi connectivity index (χ0v) is 25.8. The van der Waals surface area contributed by atoms with Gasteiger partial charge in [-0.1, -0.05) is 140 Å². The van der Waals surface area contributed by atoms with Gasteiger partial charge in [0, 0.05) is 11.1 Å². The van der Waals surface area contributed by atoms with E-state index in [4.69, 9.17) is 0 Å². The van der Waals surface area contributed by atoms with Gasteiger partial charge in [-0.2, -0.15) is 0 Å². The molecule has 0 aromatic heterocycles. The minimum atomic E-state index is -0.0533. The van der Waals surface area contributed by atoms with Crippen molar-refractivity contribution in [1.82, 2.24) is 16.0 Å². The van der Waals surface area contributed by atoms with Crippen molar-refractivity contribution in [3.63, 3.8) is 0 Å². The highest BCUT2D eigenvalue weighted by atomic mass is 15.4. The molecule has 1 fully saturated rings. The van der Waals surface area contributed by atoms with Gasteiger partial charge < -0.3 is 10.2 Å². The van der Waals surface area contributed by atoms with Crippen molar-refractivity contribution < 1.29 is 0 Å². The molecule has 0 bridgehead atoms. The molecule has 0 spiro atoms. The van der Waals surface area contributed by atoms with Crippen LogP contribution in [0.15, 0.2) is 164 Å². The Kier molecular flexibility index (Phi) is 6.94. The summed E-state index contributed by atoms with van der Waals surface area (Å²) in [6.45, 7) is 0. The Morgan fingerprint density at radius 3 is 1.55 bits per heavy atom. The van der Waals surface area contributed by atoms with Crippen LogP contribution >= 0.6 is 0 Å². The number of fused-ring (bicyclic) bond motifs is 5. The van der Waals surface area contributed by atoms with Crippen LogP contribution < -0.4 is 26.2 Å². The molecule has 7 aromatic carbocycles. The van der Waals surface area contributed by atoms with Crippen molar-refractivity contribution in [3.8, 4) is 0 Å². The molecule has 0 amide bonds. The van der Waals surface area contributed by atoms with Crippen LogP contribution in [0, 0.1) is 0 Å². The standard InChI is InChI=1S/C42H35N5/c1-5-13-29(14-6-1)39-44-40(30-15-7-2-8-16-30)46-41(45-39)33-23-25-35-32(27-33)22-21-28-24-26-36-38(37(28)35)43-42(31-17-9-3-10-18-31)47(36)34-19-11-4-12-20-34/h1-27,39-46H. The number of hydrogen-bond acceptors (Lipinski definition) is 5. The van der Waals surface area contributed by atoms with Crippen LogP contribution in [-0.2, 0) is 0 Å². The number of nitrogens with one attached hydrogen (secondary N) is 4. The van der Waals surface area contributed by atoms with Crippen molar-refractivity contribution in [1.29, 1.82) is 0 Å². The van der Waals surface area contributed by atoms with Gasteiger partial charge in [0.1, 0.15) is 6.17 Å². The van der Waals surface area contributed by atoms with Gasteiger partial charge in [0.2, 0.25) is 0 Å². The molecule has 0 radical (unpaired) electrons. The summed E-state index contributed by atoms with van der Waals surface area (Å²) in [5.41, 5.74) is 8.38. The zero-order valence-electron chi connectivity index (χ0n) is 25.8. The number of hydrogen-bond donors (Lipinski definition) is 4. The summed E-state index contributed by atoms with van der Waals surface area (Å²) in [6.07, 6.45) is -0.0817. The van der Waals surface area contributed by atoms with E-state index in [9.17, 15) is 0 Å². The average Bonchev–Trinajstić information content (AvgIpc) is 3.56. The number of para-hydroxylation sites is 1. The molecule has 47 heavy (non-hydrogen) atoms. The third-order valence-corrected chi connectivity index (χ3v) is 9.55. The van der Waals surface area contributed by atoms with E-state index in [0.29, 0.717) is 0 Å². The lowest BCUT2D eigenvalue weighted by molar-refractivity contribution is 0.203. The monoisotopic (exact) mass is 609 g/mol. The summed E-state index contributed by atoms with van der Waals surface area (Å²) in [4.78, 5) is 2.42. The Balaban J connectivity index is 1.14. The number of nitrogens with zero attached hydrogens (tertiary/aromatic N) is 1. The third kappa shape index (κ3) is 5.02. The molecule has 5 nitrogen and oxygen atoms in total. The molecule has 5 heteroatoms. The van der Waals surface area contributed by atoms with Crippen molar-refractivity contribution in [2.75, 3.05) is 10.2 Å². The topological polar surface area (TPSA) is 51.4 Å². The third-order valence-electron chi connectivity index (χ3n) is 9.55. The number of rotatable bonds is 5. The first-order valence-electron chi connectivity index (χ1n) is 16.3. The highest BCUT2D eigenvalue weighted by Crippen LogP contribution is 2.50. The molecule has 4 N–H and O–H groups in total. The van der Waals surface area contributed by atoms with Crippen molar-refractivity contribution in [2.45, 2.75) is 24.7 Å². The first-order chi connectivity index (χ1) is 23.3. The van der Waals surface area contributed by atoms with Gasteiger partial charge in [-0.25, -0.2) is 0 Å². The Labute approximate surface area is 274 Å². The Hall–Kier alpha value is -5.46. The molecule has 0 saturated carbocycles. The summed E-state index contributed by atoms with van der Waals surface area (Å²) in [5, 5.41) is 20.3. The molecule has 9 rings (SSSR count). The summed E-state index contributed by atoms with van der Waals surface area (Å²) >= 11 is 0. The second kappa shape index (κ2) is 11.7. The molecular weight excluding hydrogens is 574 g/mol. The zero-order chi connectivity index (χ0) is 31.2. The fourth-order valence-electron chi connectivity index (χ4n) is 7.29. The van der Waals surface area contributed by atoms with Crippen LogP contribution in [0.1, 0.15) is 46.9 Å². The maximum absolute atomic E-state index is 3.95. The van der Waals surface area contributed by atoms with Crippen molar-refractivity contribution in [2.24, 2.45) is 0 Å². The van der Waals surface area contributed by atoms with Crippen molar-refractivity contribution in [3.05, 3.63) is 186 Å². The molecule has 2 aliphatic rings. The van der Waals surface area contributed by atoms with Crippen LogP contribution in [0.2, 0.25) is 0 Å². The normalized spacial score (nSPS) is 20.6. The highest BCUT2D eigenvalue weighted by Gasteiger charge is 2.33. The second-order valence-electron chi connectivity index (χ2n) is 12.4. The summed E-state index contributed by atoms with van der Waals surface area (Å²) < 4.78 is 0. The van der Waals surface area contributed by atoms with Gasteiger partial charge in [0.15, 0.2) is 0 Å². The summed E-state index contributed by atoms with van der Waals surface area (Å²) in [6, 6.07) is 58.6. The van der Waals surface area contributed by atoms with E-state index in [1.54, 1.807) is 0 Å². The SMILES string of the molecule is c1ccc(C2NC(c3ccccc3)NC(c3ccc4c(ccc5ccc6c(c54)NC(c4ccccc4)N6c4ccccc4)c3)N2)cc1. The van der Waals surface area contributed by atoms with Crippen LogP contribution in [0.3, 0.4) is 0 Å². The average molecular weight is 610 g/mol. The molecular formula is C42H35N5. The quantitative estimate of drug-likeness (QED) is 0.147. The first-order valence-corrected chi connectivity index (χ1v) is 16.3. The maximum Gasteiger partial charge on any atom is 0.130 e. The van der Waals surface area contributed by atoms with Gasteiger partial charge in [0.25, 0.3) is 0 Å². The predicted octanol–water partition coefficient (Wildman–Crippen LogP) is 9.43. The number of anilines is 3. The van der Waals surface area contributed by atoms with E-state index in [2.05, 4.69) is 190 Å². The molecule has 3 unspecified atom stereocenters. The van der Waals surface area contributed by atoms with Crippen LogP contribution in [0.4, 0.5) is 17.1 Å². The van der Waals surface area contributed by atoms with Gasteiger partial charge >= 0.3 is 0 Å². The second-order valence-corrected chi connectivity index (χ2v) is 12.4. The minimum absolute atomic E-state index is 0.00804. The molecule has 2 aliphatic heterocycles. The molecule has 1 saturated heterocycles. The fraction of sp³-hybridized carbons (Fsp3) is 0.0952. The molecule has 3 atom stereocenters. The van der Waals surface area contributed by atoms with Gasteiger partial charge in [-0.05, 0) is 62.7 Å². The van der Waals surface area contributed by atoms with E-state index in [0.717, 1.165) is 0 Å². The summed E-state index contributed by atoms with van der Waals surface area (Å²) in [7, 11) is 0. The number of benzene rings is 7. The lowest BCUT2D eigenvalue weighted by Crippen LogP contribution is -2.54. The van der Waals surface area contributed by atoms with Crippen molar-refractivity contribution >= 4 is 38.6 Å². The largest absolute Gasteiger partial charge is 0.359 e. The lowest BCUT2D eigenvalue weighted by atomic mass is 9.96. The smallest absolute Gasteiger partial charge is 0.130 e. The Morgan fingerprint density at radius 2 is 0.936 bits per heavy atom. The Bertz CT molecular complexity index is 2120. The molecule has 7 aromatic rings. The highest BCUT2D eigenvalue weighted by molar-refractivity contribution is 6.17. The molecule has 228 valence electrons. The summed E-state index contributed by atoms with van der Waals surface area (Å²) in [5.74, 6) is 0. The van der Waals surface area contributed by atoms with E-state index >= 15 is 0 Å². The fourth-order valence-corrected chi connectivity index (χ4v) is 7.29. The van der Waals surface area contributed by atoms with Crippen LogP contribution in [0.5, 0.6) is 0 Å². The maximum atomic E-state index is 3.95. The van der Waals surface area contributed by atoms with E-state index < -0.39 is 0 Å². The van der Waals surface area contributed by atoms with E-state index in [-0.39, 0.29) is 24.7 Å². The van der Waals surface area contributed by atoms with E-state index in [1.807, 2.05) is 0 Å². The predicted molar refractivity (Wildman–Crippen MR) is 193 cm³/mol. The molecule has 2 heterocycles. The first kappa shape index (κ1) is 27.8. The van der Waals surface area contributed by atoms with E-state index in [1.165, 1.54) is 60.9 Å².